The van der Waals surface area contributed by atoms with E-state index in [4.69, 9.17) is 5.11 Å². The Bertz CT molecular complexity index is 957. The third-order valence-electron chi connectivity index (χ3n) is 6.07. The number of aliphatic hydroxyl groups is 1. The molecule has 1 aromatic heterocycles. The summed E-state index contributed by atoms with van der Waals surface area (Å²) in [5, 5.41) is 22.0. The smallest absolute Gasteiger partial charge is 0.451 e. The molecule has 35 heavy (non-hydrogen) atoms. The summed E-state index contributed by atoms with van der Waals surface area (Å²) >= 11 is 0. The van der Waals surface area contributed by atoms with Crippen molar-refractivity contribution in [3.63, 3.8) is 0 Å². The first-order chi connectivity index (χ1) is 16.1. The normalized spacial score (nSPS) is 21.4. The number of carbonyl (C=O) groups excluding carboxylic acids is 1. The van der Waals surface area contributed by atoms with Gasteiger partial charge in [0.15, 0.2) is 5.69 Å². The molecule has 3 atom stereocenters. The molecule has 2 unspecified atom stereocenters. The fourth-order valence-electron chi connectivity index (χ4n) is 4.31. The molecule has 2 amide bonds. The van der Waals surface area contributed by atoms with E-state index in [1.54, 1.807) is 0 Å². The maximum atomic E-state index is 13.4. The first-order valence-corrected chi connectivity index (χ1v) is 10.9. The topological polar surface area (TPSA) is 119 Å². The lowest BCUT2D eigenvalue weighted by molar-refractivity contribution is -0.153. The van der Waals surface area contributed by atoms with Crippen molar-refractivity contribution in [3.05, 3.63) is 22.8 Å². The molecule has 2 aliphatic rings. The molecule has 0 spiro atoms. The van der Waals surface area contributed by atoms with Crippen LogP contribution in [0.1, 0.15) is 49.0 Å². The second kappa shape index (κ2) is 10.1. The number of likely N-dealkylation sites (tertiary alicyclic amines) is 1. The van der Waals surface area contributed by atoms with Gasteiger partial charge in [-0.15, -0.1) is 0 Å². The van der Waals surface area contributed by atoms with Crippen LogP contribution in [0.2, 0.25) is 0 Å². The van der Waals surface area contributed by atoms with E-state index in [9.17, 15) is 41.0 Å². The highest BCUT2D eigenvalue weighted by molar-refractivity contribution is 5.77. The van der Waals surface area contributed by atoms with Gasteiger partial charge in [-0.25, -0.2) is 14.8 Å². The Kier molecular flexibility index (Phi) is 7.79. The number of halogens is 6. The Morgan fingerprint density at radius 3 is 2.43 bits per heavy atom. The van der Waals surface area contributed by atoms with Gasteiger partial charge in [-0.2, -0.15) is 26.3 Å². The van der Waals surface area contributed by atoms with Crippen LogP contribution in [0.25, 0.3) is 0 Å². The molecule has 15 heteroatoms. The summed E-state index contributed by atoms with van der Waals surface area (Å²) in [6.07, 6.45) is -12.7. The fourth-order valence-corrected chi connectivity index (χ4v) is 4.31. The van der Waals surface area contributed by atoms with E-state index in [0.717, 1.165) is 6.42 Å². The first kappa shape index (κ1) is 26.9. The zero-order valence-electron chi connectivity index (χ0n) is 18.7. The number of alkyl halides is 6. The number of rotatable bonds is 6. The summed E-state index contributed by atoms with van der Waals surface area (Å²) in [7, 11) is 0. The minimum absolute atomic E-state index is 0.0298. The van der Waals surface area contributed by atoms with Gasteiger partial charge in [0.25, 0.3) is 0 Å². The van der Waals surface area contributed by atoms with E-state index in [1.165, 1.54) is 9.80 Å². The highest BCUT2D eigenvalue weighted by atomic mass is 19.4. The van der Waals surface area contributed by atoms with Gasteiger partial charge in [0.05, 0.1) is 11.7 Å². The average molecular weight is 513 g/mol. The number of carbonyl (C=O) groups is 2. The molecule has 1 saturated heterocycles. The van der Waals surface area contributed by atoms with Crippen molar-refractivity contribution in [1.82, 2.24) is 25.1 Å². The molecule has 0 aliphatic carbocycles. The summed E-state index contributed by atoms with van der Waals surface area (Å²) in [4.78, 5) is 32.2. The molecule has 9 nitrogen and oxygen atoms in total. The minimum Gasteiger partial charge on any atom is -0.465 e. The van der Waals surface area contributed by atoms with Crippen molar-refractivity contribution in [1.29, 1.82) is 0 Å². The van der Waals surface area contributed by atoms with Crippen LogP contribution in [0.4, 0.5) is 31.1 Å². The summed E-state index contributed by atoms with van der Waals surface area (Å²) in [6.45, 7) is 1.62. The number of aromatic nitrogens is 2. The molecule has 2 aliphatic heterocycles. The second-order valence-corrected chi connectivity index (χ2v) is 8.84. The van der Waals surface area contributed by atoms with E-state index >= 15 is 0 Å². The second-order valence-electron chi connectivity index (χ2n) is 8.84. The van der Waals surface area contributed by atoms with Crippen LogP contribution in [0, 0.1) is 5.92 Å². The molecule has 1 aromatic rings. The van der Waals surface area contributed by atoms with Crippen molar-refractivity contribution >= 4 is 12.0 Å². The van der Waals surface area contributed by atoms with Gasteiger partial charge in [0.2, 0.25) is 11.7 Å². The van der Waals surface area contributed by atoms with Crippen molar-refractivity contribution < 1.29 is 46.1 Å². The standard InChI is InChI=1S/C20H25F6N5O4/c1-10-2-4-30(14(32)6-10)8-11(27-18(34)35)7-15(33)31-5-3-12-13(9-31)28-17(20(24,25)26)29-16(12)19(21,22)23/h10-11,15,27,33H,2-9H2,1H3,(H,34,35)/t10?,11-,15?/m0/s1. The number of carboxylic acid groups (broad SMARTS) is 1. The molecule has 3 rings (SSSR count). The Labute approximate surface area is 196 Å². The maximum Gasteiger partial charge on any atom is 0.451 e. The number of piperidine rings is 1. The van der Waals surface area contributed by atoms with Gasteiger partial charge in [0.1, 0.15) is 6.23 Å². The summed E-state index contributed by atoms with van der Waals surface area (Å²) in [5.41, 5.74) is -2.64. The van der Waals surface area contributed by atoms with Crippen LogP contribution in [-0.4, -0.2) is 73.9 Å². The van der Waals surface area contributed by atoms with Crippen LogP contribution in [-0.2, 0) is 30.1 Å². The lowest BCUT2D eigenvalue weighted by Crippen LogP contribution is -2.51. The molecular formula is C20H25F6N5O4. The number of aliphatic hydroxyl groups excluding tert-OH is 1. The lowest BCUT2D eigenvalue weighted by Gasteiger charge is -2.36. The maximum absolute atomic E-state index is 13.4. The van der Waals surface area contributed by atoms with E-state index in [2.05, 4.69) is 15.3 Å². The Balaban J connectivity index is 1.77. The van der Waals surface area contributed by atoms with Crippen molar-refractivity contribution in [2.45, 2.75) is 63.8 Å². The van der Waals surface area contributed by atoms with Gasteiger partial charge in [-0.1, -0.05) is 6.92 Å². The summed E-state index contributed by atoms with van der Waals surface area (Å²) in [6, 6.07) is -0.914. The van der Waals surface area contributed by atoms with Gasteiger partial charge >= 0.3 is 18.4 Å². The Morgan fingerprint density at radius 2 is 1.86 bits per heavy atom. The van der Waals surface area contributed by atoms with E-state index in [-0.39, 0.29) is 37.8 Å². The number of nitrogens with one attached hydrogen (secondary N) is 1. The molecule has 0 radical (unpaired) electrons. The van der Waals surface area contributed by atoms with E-state index in [1.807, 2.05) is 6.92 Å². The molecule has 1 fully saturated rings. The molecule has 3 N–H and O–H groups in total. The highest BCUT2D eigenvalue weighted by Gasteiger charge is 2.44. The fraction of sp³-hybridized carbons (Fsp3) is 0.700. The zero-order valence-corrected chi connectivity index (χ0v) is 18.7. The summed E-state index contributed by atoms with van der Waals surface area (Å²) in [5.74, 6) is -1.91. The predicted molar refractivity (Wildman–Crippen MR) is 107 cm³/mol. The van der Waals surface area contributed by atoms with Crippen LogP contribution in [0.3, 0.4) is 0 Å². The molecule has 0 bridgehead atoms. The van der Waals surface area contributed by atoms with Gasteiger partial charge in [-0.3, -0.25) is 9.69 Å². The van der Waals surface area contributed by atoms with Crippen LogP contribution >= 0.6 is 0 Å². The Morgan fingerprint density at radius 1 is 1.17 bits per heavy atom. The predicted octanol–water partition coefficient (Wildman–Crippen LogP) is 2.48. The van der Waals surface area contributed by atoms with Gasteiger partial charge < -0.3 is 20.4 Å². The molecule has 0 aromatic carbocycles. The van der Waals surface area contributed by atoms with Crippen molar-refractivity contribution in [2.24, 2.45) is 5.92 Å². The van der Waals surface area contributed by atoms with Crippen molar-refractivity contribution in [3.8, 4) is 0 Å². The van der Waals surface area contributed by atoms with Crippen LogP contribution < -0.4 is 5.32 Å². The van der Waals surface area contributed by atoms with Gasteiger partial charge in [0, 0.05) is 44.6 Å². The Hall–Kier alpha value is -2.68. The van der Waals surface area contributed by atoms with E-state index in [0.29, 0.717) is 13.0 Å². The SMILES string of the molecule is CC1CCN(C[C@H](CC(O)N2CCc3c(nc(C(F)(F)F)nc3C(F)(F)F)C2)NC(=O)O)C(=O)C1. The van der Waals surface area contributed by atoms with E-state index < -0.39 is 60.0 Å². The summed E-state index contributed by atoms with van der Waals surface area (Å²) < 4.78 is 79.4. The van der Waals surface area contributed by atoms with Crippen molar-refractivity contribution in [2.75, 3.05) is 19.6 Å². The quantitative estimate of drug-likeness (QED) is 0.500. The number of fused-ring (bicyclic) bond motifs is 1. The third-order valence-corrected chi connectivity index (χ3v) is 6.07. The molecule has 0 saturated carbocycles. The monoisotopic (exact) mass is 513 g/mol. The number of hydrogen-bond donors (Lipinski definition) is 3. The van der Waals surface area contributed by atoms with Crippen LogP contribution in [0.15, 0.2) is 0 Å². The third kappa shape index (κ3) is 6.72. The average Bonchev–Trinajstić information content (AvgIpc) is 2.72. The van der Waals surface area contributed by atoms with Crippen LogP contribution in [0.5, 0.6) is 0 Å². The number of amides is 2. The van der Waals surface area contributed by atoms with Gasteiger partial charge in [-0.05, 0) is 18.8 Å². The first-order valence-electron chi connectivity index (χ1n) is 10.9. The lowest BCUT2D eigenvalue weighted by atomic mass is 9.97. The minimum atomic E-state index is -5.20. The highest BCUT2D eigenvalue weighted by Crippen LogP contribution is 2.37. The zero-order chi connectivity index (χ0) is 26.1. The number of nitrogens with zero attached hydrogens (tertiary/aromatic N) is 4. The molecule has 196 valence electrons. The largest absolute Gasteiger partial charge is 0.465 e. The molecule has 3 heterocycles. The number of hydrogen-bond acceptors (Lipinski definition) is 6. The molecular weight excluding hydrogens is 488 g/mol.